The first-order chi connectivity index (χ1) is 10.6. The fourth-order valence-electron chi connectivity index (χ4n) is 1.88. The lowest BCUT2D eigenvalue weighted by Crippen LogP contribution is -2.42. The van der Waals surface area contributed by atoms with Crippen molar-refractivity contribution in [2.45, 2.75) is 26.8 Å². The molecule has 5 nitrogen and oxygen atoms in total. The van der Waals surface area contributed by atoms with E-state index in [2.05, 4.69) is 15.6 Å². The normalized spacial score (nSPS) is 13.0. The minimum Gasteiger partial charge on any atom is -0.356 e. The first-order valence-electron chi connectivity index (χ1n) is 7.48. The van der Waals surface area contributed by atoms with E-state index in [4.69, 9.17) is 11.6 Å². The summed E-state index contributed by atoms with van der Waals surface area (Å²) in [6.07, 6.45) is 1.87. The van der Waals surface area contributed by atoms with E-state index in [1.807, 2.05) is 38.1 Å². The summed E-state index contributed by atoms with van der Waals surface area (Å²) in [7, 11) is -1.23. The molecular weight excluding hydrogens is 334 g/mol. The number of hydrogen-bond acceptors (Lipinski definition) is 3. The van der Waals surface area contributed by atoms with Crippen LogP contribution < -0.4 is 10.6 Å². The smallest absolute Gasteiger partial charge is 0.191 e. The second-order valence-electron chi connectivity index (χ2n) is 6.45. The van der Waals surface area contributed by atoms with Crippen LogP contribution in [0.4, 0.5) is 0 Å². The maximum atomic E-state index is 11.3. The molecule has 0 saturated carbocycles. The Bertz CT molecular complexity index is 625. The summed E-state index contributed by atoms with van der Waals surface area (Å²) in [6.45, 7) is 5.36. The van der Waals surface area contributed by atoms with E-state index in [-0.39, 0.29) is 11.2 Å². The Hall–Kier alpha value is -1.27. The molecule has 0 amide bonds. The van der Waals surface area contributed by atoms with Crippen molar-refractivity contribution in [3.8, 4) is 0 Å². The molecule has 0 radical (unpaired) electrons. The maximum absolute atomic E-state index is 11.3. The molecule has 0 saturated heterocycles. The van der Waals surface area contributed by atoms with Crippen LogP contribution in [0.3, 0.4) is 0 Å². The van der Waals surface area contributed by atoms with E-state index >= 15 is 0 Å². The van der Waals surface area contributed by atoms with Crippen molar-refractivity contribution in [3.63, 3.8) is 0 Å². The molecule has 2 N–H and O–H groups in total. The summed E-state index contributed by atoms with van der Waals surface area (Å²) < 4.78 is 22.6. The fraction of sp³-hybridized carbons (Fsp3) is 0.562. The standard InChI is InChI=1S/C16H26ClN3O2S/c1-16(2,9-10-23(4,21)22)12-20-15(18-3)19-11-13-5-7-14(17)8-6-13/h5-8H,9-12H2,1-4H3,(H2,18,19,20). The van der Waals surface area contributed by atoms with Crippen LogP contribution in [-0.2, 0) is 16.4 Å². The average molecular weight is 360 g/mol. The van der Waals surface area contributed by atoms with Gasteiger partial charge in [0.05, 0.1) is 5.75 Å². The first-order valence-corrected chi connectivity index (χ1v) is 9.92. The van der Waals surface area contributed by atoms with Gasteiger partial charge in [-0.15, -0.1) is 0 Å². The SMILES string of the molecule is CN=C(NCc1ccc(Cl)cc1)NCC(C)(C)CCS(C)(=O)=O. The highest BCUT2D eigenvalue weighted by Crippen LogP contribution is 2.19. The summed E-state index contributed by atoms with van der Waals surface area (Å²) >= 11 is 5.86. The van der Waals surface area contributed by atoms with Gasteiger partial charge >= 0.3 is 0 Å². The van der Waals surface area contributed by atoms with Crippen LogP contribution in [0.1, 0.15) is 25.8 Å². The fourth-order valence-corrected chi connectivity index (χ4v) is 2.93. The summed E-state index contributed by atoms with van der Waals surface area (Å²) in [5, 5.41) is 7.19. The Balaban J connectivity index is 2.45. The lowest BCUT2D eigenvalue weighted by Gasteiger charge is -2.25. The highest BCUT2D eigenvalue weighted by atomic mass is 35.5. The van der Waals surface area contributed by atoms with Gasteiger partial charge in [-0.2, -0.15) is 0 Å². The molecule has 23 heavy (non-hydrogen) atoms. The molecule has 1 aromatic carbocycles. The zero-order valence-corrected chi connectivity index (χ0v) is 15.8. The maximum Gasteiger partial charge on any atom is 0.191 e. The van der Waals surface area contributed by atoms with Crippen molar-refractivity contribution >= 4 is 27.4 Å². The van der Waals surface area contributed by atoms with Crippen molar-refractivity contribution in [3.05, 3.63) is 34.9 Å². The highest BCUT2D eigenvalue weighted by Gasteiger charge is 2.20. The number of sulfone groups is 1. The molecular formula is C16H26ClN3O2S. The largest absolute Gasteiger partial charge is 0.356 e. The van der Waals surface area contributed by atoms with Crippen LogP contribution in [0, 0.1) is 5.41 Å². The molecule has 0 aliphatic heterocycles. The van der Waals surface area contributed by atoms with Crippen LogP contribution in [0.2, 0.25) is 5.02 Å². The molecule has 0 heterocycles. The van der Waals surface area contributed by atoms with Gasteiger partial charge in [0.25, 0.3) is 0 Å². The van der Waals surface area contributed by atoms with Gasteiger partial charge in [0.1, 0.15) is 9.84 Å². The number of benzene rings is 1. The third-order valence-corrected chi connectivity index (χ3v) is 4.68. The molecule has 1 rings (SSSR count). The summed E-state index contributed by atoms with van der Waals surface area (Å²) in [4.78, 5) is 4.18. The molecule has 0 aliphatic rings. The number of nitrogens with zero attached hydrogens (tertiary/aromatic N) is 1. The Kier molecular flexibility index (Phi) is 7.35. The number of halogens is 1. The number of rotatable bonds is 7. The Morgan fingerprint density at radius 3 is 2.35 bits per heavy atom. The average Bonchev–Trinajstić information content (AvgIpc) is 2.47. The molecule has 0 bridgehead atoms. The zero-order valence-electron chi connectivity index (χ0n) is 14.2. The van der Waals surface area contributed by atoms with Gasteiger partial charge in [0.15, 0.2) is 5.96 Å². The predicted molar refractivity (Wildman–Crippen MR) is 97.8 cm³/mol. The van der Waals surface area contributed by atoms with Gasteiger partial charge < -0.3 is 10.6 Å². The third-order valence-electron chi connectivity index (χ3n) is 3.48. The Morgan fingerprint density at radius 1 is 1.22 bits per heavy atom. The van der Waals surface area contributed by atoms with Crippen molar-refractivity contribution < 1.29 is 8.42 Å². The van der Waals surface area contributed by atoms with E-state index in [0.29, 0.717) is 30.5 Å². The quantitative estimate of drug-likeness (QED) is 0.579. The molecule has 130 valence electrons. The van der Waals surface area contributed by atoms with Gasteiger partial charge in [-0.3, -0.25) is 4.99 Å². The number of nitrogens with one attached hydrogen (secondary N) is 2. The first kappa shape index (κ1) is 19.8. The van der Waals surface area contributed by atoms with E-state index in [9.17, 15) is 8.42 Å². The molecule has 0 aliphatic carbocycles. The topological polar surface area (TPSA) is 70.6 Å². The molecule has 0 spiro atoms. The number of guanidine groups is 1. The molecule has 0 atom stereocenters. The summed E-state index contributed by atoms with van der Waals surface area (Å²) in [5.41, 5.74) is 0.967. The van der Waals surface area contributed by atoms with E-state index < -0.39 is 9.84 Å². The van der Waals surface area contributed by atoms with Gasteiger partial charge in [-0.1, -0.05) is 37.6 Å². The Labute approximate surface area is 144 Å². The van der Waals surface area contributed by atoms with Crippen LogP contribution in [0.15, 0.2) is 29.3 Å². The second-order valence-corrected chi connectivity index (χ2v) is 9.15. The minimum absolute atomic E-state index is 0.138. The molecule has 0 fully saturated rings. The lowest BCUT2D eigenvalue weighted by molar-refractivity contribution is 0.348. The third kappa shape index (κ3) is 8.81. The monoisotopic (exact) mass is 359 g/mol. The van der Waals surface area contributed by atoms with Crippen LogP contribution in [0.25, 0.3) is 0 Å². The molecule has 7 heteroatoms. The van der Waals surface area contributed by atoms with Crippen molar-refractivity contribution in [1.29, 1.82) is 0 Å². The highest BCUT2D eigenvalue weighted by molar-refractivity contribution is 7.90. The molecule has 1 aromatic rings. The van der Waals surface area contributed by atoms with Crippen molar-refractivity contribution in [2.24, 2.45) is 10.4 Å². The number of hydrogen-bond donors (Lipinski definition) is 2. The van der Waals surface area contributed by atoms with Crippen LogP contribution in [-0.4, -0.2) is 40.0 Å². The minimum atomic E-state index is -2.94. The van der Waals surface area contributed by atoms with E-state index in [1.165, 1.54) is 6.26 Å². The lowest BCUT2D eigenvalue weighted by atomic mass is 9.90. The van der Waals surface area contributed by atoms with Gasteiger partial charge in [0, 0.05) is 31.4 Å². The van der Waals surface area contributed by atoms with E-state index in [0.717, 1.165) is 5.56 Å². The van der Waals surface area contributed by atoms with Gasteiger partial charge in [0.2, 0.25) is 0 Å². The van der Waals surface area contributed by atoms with Gasteiger partial charge in [-0.25, -0.2) is 8.42 Å². The van der Waals surface area contributed by atoms with Crippen molar-refractivity contribution in [2.75, 3.05) is 25.6 Å². The number of aliphatic imine (C=N–C) groups is 1. The van der Waals surface area contributed by atoms with Crippen LogP contribution in [0.5, 0.6) is 0 Å². The Morgan fingerprint density at radius 2 is 1.83 bits per heavy atom. The summed E-state index contributed by atoms with van der Waals surface area (Å²) in [5.74, 6) is 0.880. The zero-order chi connectivity index (χ0) is 17.5. The predicted octanol–water partition coefficient (Wildman–Crippen LogP) is 2.47. The van der Waals surface area contributed by atoms with Crippen molar-refractivity contribution in [1.82, 2.24) is 10.6 Å². The van der Waals surface area contributed by atoms with Gasteiger partial charge in [-0.05, 0) is 29.5 Å². The van der Waals surface area contributed by atoms with Crippen LogP contribution >= 0.6 is 11.6 Å². The summed E-state index contributed by atoms with van der Waals surface area (Å²) in [6, 6.07) is 7.61. The second kappa shape index (κ2) is 8.55. The molecule has 0 aromatic heterocycles. The molecule has 0 unspecified atom stereocenters. The van der Waals surface area contributed by atoms with E-state index in [1.54, 1.807) is 7.05 Å².